The smallest absolute Gasteiger partial charge is 0.225 e. The average Bonchev–Trinajstić information content (AvgIpc) is 3.00. The minimum absolute atomic E-state index is 0.0327. The van der Waals surface area contributed by atoms with Gasteiger partial charge in [0, 0.05) is 37.9 Å². The molecule has 0 amide bonds. The third kappa shape index (κ3) is 2.91. The molecule has 4 heterocycles. The minimum atomic E-state index is -0.0327. The van der Waals surface area contributed by atoms with Crippen molar-refractivity contribution in [1.29, 1.82) is 0 Å². The molecule has 0 saturated carbocycles. The van der Waals surface area contributed by atoms with Crippen LogP contribution in [0.1, 0.15) is 18.4 Å². The quantitative estimate of drug-likeness (QED) is 0.895. The highest BCUT2D eigenvalue weighted by Crippen LogP contribution is 2.42. The molecule has 0 aromatic carbocycles. The first-order chi connectivity index (χ1) is 11.8. The molecule has 2 fully saturated rings. The molecule has 2 aliphatic rings. The second-order valence-electron chi connectivity index (χ2n) is 6.60. The first kappa shape index (κ1) is 15.3. The van der Waals surface area contributed by atoms with Gasteiger partial charge in [0.1, 0.15) is 5.60 Å². The second kappa shape index (κ2) is 6.32. The Kier molecular flexibility index (Phi) is 4.02. The molecule has 2 aromatic rings. The summed E-state index contributed by atoms with van der Waals surface area (Å²) in [6.45, 7) is 5.45. The molecule has 0 radical (unpaired) electrons. The first-order valence-electron chi connectivity index (χ1n) is 8.44. The summed E-state index contributed by atoms with van der Waals surface area (Å²) in [6.07, 6.45) is 9.40. The Hall–Kier alpha value is -2.28. The van der Waals surface area contributed by atoms with Crippen LogP contribution in [0.25, 0.3) is 0 Å². The molecule has 2 aliphatic heterocycles. The van der Waals surface area contributed by atoms with Crippen LogP contribution in [0.15, 0.2) is 30.9 Å². The highest BCUT2D eigenvalue weighted by atomic mass is 16.5. The van der Waals surface area contributed by atoms with Crippen LogP contribution in [0.3, 0.4) is 0 Å². The van der Waals surface area contributed by atoms with Crippen LogP contribution in [-0.4, -0.2) is 51.8 Å². The fourth-order valence-electron chi connectivity index (χ4n) is 3.58. The van der Waals surface area contributed by atoms with Crippen LogP contribution in [0, 0.1) is 12.8 Å². The SMILES string of the molecule is Cc1cnc(NCC[C@H]2CCOC23CN(c2ncccn2)C3)nc1. The predicted molar refractivity (Wildman–Crippen MR) is 90.9 cm³/mol. The summed E-state index contributed by atoms with van der Waals surface area (Å²) in [5, 5.41) is 3.31. The van der Waals surface area contributed by atoms with E-state index >= 15 is 0 Å². The Balaban J connectivity index is 1.30. The van der Waals surface area contributed by atoms with E-state index in [-0.39, 0.29) is 5.60 Å². The van der Waals surface area contributed by atoms with E-state index in [1.165, 1.54) is 0 Å². The topological polar surface area (TPSA) is 76.1 Å². The standard InChI is InChI=1S/C17H22N6O/c1-13-9-21-15(22-10-13)18-7-3-14-4-8-24-17(14)11-23(12-17)16-19-5-2-6-20-16/h2,5-6,9-10,14H,3-4,7-8,11-12H2,1H3,(H,18,21,22)/t14-/m0/s1. The Labute approximate surface area is 141 Å². The second-order valence-corrected chi connectivity index (χ2v) is 6.60. The maximum absolute atomic E-state index is 6.10. The molecule has 2 aromatic heterocycles. The van der Waals surface area contributed by atoms with Crippen molar-refractivity contribution in [3.05, 3.63) is 36.4 Å². The Morgan fingerprint density at radius 3 is 2.71 bits per heavy atom. The van der Waals surface area contributed by atoms with E-state index in [9.17, 15) is 0 Å². The molecule has 0 unspecified atom stereocenters. The van der Waals surface area contributed by atoms with Crippen molar-refractivity contribution in [2.24, 2.45) is 5.92 Å². The molecule has 7 nitrogen and oxygen atoms in total. The number of rotatable bonds is 5. The van der Waals surface area contributed by atoms with Crippen molar-refractivity contribution in [3.8, 4) is 0 Å². The van der Waals surface area contributed by atoms with E-state index in [4.69, 9.17) is 4.74 Å². The van der Waals surface area contributed by atoms with Gasteiger partial charge in [0.2, 0.25) is 11.9 Å². The first-order valence-corrected chi connectivity index (χ1v) is 8.44. The summed E-state index contributed by atoms with van der Waals surface area (Å²) in [6, 6.07) is 1.84. The summed E-state index contributed by atoms with van der Waals surface area (Å²) in [4.78, 5) is 19.4. The van der Waals surface area contributed by atoms with E-state index in [0.29, 0.717) is 11.9 Å². The average molecular weight is 326 g/mol. The molecule has 1 N–H and O–H groups in total. The number of anilines is 2. The molecule has 2 saturated heterocycles. The zero-order chi connectivity index (χ0) is 16.4. The normalized spacial score (nSPS) is 21.7. The van der Waals surface area contributed by atoms with Gasteiger partial charge in [-0.15, -0.1) is 0 Å². The minimum Gasteiger partial charge on any atom is -0.371 e. The van der Waals surface area contributed by atoms with Crippen LogP contribution in [0.4, 0.5) is 11.9 Å². The zero-order valence-corrected chi connectivity index (χ0v) is 13.9. The van der Waals surface area contributed by atoms with Gasteiger partial charge < -0.3 is 15.0 Å². The van der Waals surface area contributed by atoms with Gasteiger partial charge in [-0.25, -0.2) is 19.9 Å². The van der Waals surface area contributed by atoms with Gasteiger partial charge in [0.05, 0.1) is 13.1 Å². The third-order valence-corrected chi connectivity index (χ3v) is 4.91. The monoisotopic (exact) mass is 326 g/mol. The predicted octanol–water partition coefficient (Wildman–Crippen LogP) is 1.67. The van der Waals surface area contributed by atoms with E-state index in [2.05, 4.69) is 30.2 Å². The van der Waals surface area contributed by atoms with E-state index in [1.54, 1.807) is 12.4 Å². The van der Waals surface area contributed by atoms with Gasteiger partial charge in [-0.2, -0.15) is 0 Å². The lowest BCUT2D eigenvalue weighted by molar-refractivity contribution is -0.0454. The molecule has 1 spiro atoms. The van der Waals surface area contributed by atoms with Crippen LogP contribution in [-0.2, 0) is 4.74 Å². The number of nitrogens with zero attached hydrogens (tertiary/aromatic N) is 5. The van der Waals surface area contributed by atoms with Crippen molar-refractivity contribution in [2.45, 2.75) is 25.4 Å². The van der Waals surface area contributed by atoms with E-state index in [1.807, 2.05) is 25.4 Å². The molecule has 7 heteroatoms. The molecular formula is C17H22N6O. The lowest BCUT2D eigenvalue weighted by Crippen LogP contribution is -2.65. The van der Waals surface area contributed by atoms with Crippen molar-refractivity contribution >= 4 is 11.9 Å². The zero-order valence-electron chi connectivity index (χ0n) is 13.9. The number of ether oxygens (including phenoxy) is 1. The largest absolute Gasteiger partial charge is 0.371 e. The van der Waals surface area contributed by atoms with Crippen LogP contribution in [0.5, 0.6) is 0 Å². The number of hydrogen-bond acceptors (Lipinski definition) is 7. The van der Waals surface area contributed by atoms with Crippen molar-refractivity contribution in [1.82, 2.24) is 19.9 Å². The molecule has 1 atom stereocenters. The van der Waals surface area contributed by atoms with Crippen molar-refractivity contribution < 1.29 is 4.74 Å². The lowest BCUT2D eigenvalue weighted by Gasteiger charge is -2.50. The molecule has 126 valence electrons. The summed E-state index contributed by atoms with van der Waals surface area (Å²) in [7, 11) is 0. The third-order valence-electron chi connectivity index (χ3n) is 4.91. The maximum Gasteiger partial charge on any atom is 0.225 e. The van der Waals surface area contributed by atoms with Gasteiger partial charge in [0.15, 0.2) is 0 Å². The van der Waals surface area contributed by atoms with E-state index in [0.717, 1.165) is 50.6 Å². The Morgan fingerprint density at radius 2 is 1.96 bits per heavy atom. The van der Waals surface area contributed by atoms with Gasteiger partial charge in [-0.1, -0.05) is 0 Å². The number of hydrogen-bond donors (Lipinski definition) is 1. The highest BCUT2D eigenvalue weighted by Gasteiger charge is 2.53. The fraction of sp³-hybridized carbons (Fsp3) is 0.529. The number of nitrogens with one attached hydrogen (secondary N) is 1. The van der Waals surface area contributed by atoms with Gasteiger partial charge >= 0.3 is 0 Å². The van der Waals surface area contributed by atoms with Crippen LogP contribution < -0.4 is 10.2 Å². The number of aromatic nitrogens is 4. The van der Waals surface area contributed by atoms with Crippen LogP contribution >= 0.6 is 0 Å². The van der Waals surface area contributed by atoms with Crippen molar-refractivity contribution in [3.63, 3.8) is 0 Å². The molecule has 4 rings (SSSR count). The number of aryl methyl sites for hydroxylation is 1. The Bertz CT molecular complexity index is 671. The Morgan fingerprint density at radius 1 is 1.21 bits per heavy atom. The summed E-state index contributed by atoms with van der Waals surface area (Å²) >= 11 is 0. The summed E-state index contributed by atoms with van der Waals surface area (Å²) < 4.78 is 6.10. The van der Waals surface area contributed by atoms with Crippen LogP contribution in [0.2, 0.25) is 0 Å². The summed E-state index contributed by atoms with van der Waals surface area (Å²) in [5.41, 5.74) is 1.04. The van der Waals surface area contributed by atoms with Gasteiger partial charge in [-0.05, 0) is 37.3 Å². The molecule has 24 heavy (non-hydrogen) atoms. The highest BCUT2D eigenvalue weighted by molar-refractivity contribution is 5.38. The lowest BCUT2D eigenvalue weighted by atomic mass is 9.79. The molecule has 0 aliphatic carbocycles. The summed E-state index contributed by atoms with van der Waals surface area (Å²) in [5.74, 6) is 2.04. The van der Waals surface area contributed by atoms with Crippen molar-refractivity contribution in [2.75, 3.05) is 36.5 Å². The van der Waals surface area contributed by atoms with E-state index < -0.39 is 0 Å². The van der Waals surface area contributed by atoms with Gasteiger partial charge in [-0.3, -0.25) is 0 Å². The molecular weight excluding hydrogens is 304 g/mol. The fourth-order valence-corrected chi connectivity index (χ4v) is 3.58. The van der Waals surface area contributed by atoms with Gasteiger partial charge in [0.25, 0.3) is 0 Å². The molecule has 0 bridgehead atoms. The maximum atomic E-state index is 6.10.